The second-order valence-corrected chi connectivity index (χ2v) is 18.5. The summed E-state index contributed by atoms with van der Waals surface area (Å²) in [7, 11) is 0. The Morgan fingerprint density at radius 1 is 0.720 bits per heavy atom. The van der Waals surface area contributed by atoms with Gasteiger partial charge in [0.05, 0.1) is 12.2 Å². The average molecular weight is 702 g/mol. The number of hydrogen-bond acceptors (Lipinski definition) is 4. The minimum Gasteiger partial charge on any atom is -0.481 e. The van der Waals surface area contributed by atoms with Crippen molar-refractivity contribution in [3.8, 4) is 0 Å². The Morgan fingerprint density at radius 2 is 1.28 bits per heavy atom. The van der Waals surface area contributed by atoms with Crippen molar-refractivity contribution in [1.29, 1.82) is 0 Å². The molecule has 4 N–H and O–H groups in total. The number of hydrogen-bond donors (Lipinski definition) is 4. The van der Waals surface area contributed by atoms with E-state index in [-0.39, 0.29) is 53.1 Å². The Kier molecular flexibility index (Phi) is 16.9. The Balaban J connectivity index is 1.10. The molecular formula is C44H79NO5. The van der Waals surface area contributed by atoms with Gasteiger partial charge in [0.15, 0.2) is 0 Å². The van der Waals surface area contributed by atoms with Gasteiger partial charge >= 0.3 is 5.97 Å². The molecule has 4 saturated carbocycles. The molecule has 290 valence electrons. The molecule has 11 atom stereocenters. The summed E-state index contributed by atoms with van der Waals surface area (Å²) in [5, 5.41) is 36.2. The van der Waals surface area contributed by atoms with Crippen LogP contribution in [-0.4, -0.2) is 45.4 Å². The van der Waals surface area contributed by atoms with Crippen LogP contribution in [0.5, 0.6) is 0 Å². The Hall–Kier alpha value is -1.14. The molecule has 6 nitrogen and oxygen atoms in total. The van der Waals surface area contributed by atoms with E-state index in [1.165, 1.54) is 96.3 Å². The Bertz CT molecular complexity index is 1020. The number of carboxylic acids is 1. The number of nitrogens with one attached hydrogen (secondary N) is 1. The minimum atomic E-state index is -0.746. The molecule has 6 heteroatoms. The summed E-state index contributed by atoms with van der Waals surface area (Å²) in [4.78, 5) is 24.2. The van der Waals surface area contributed by atoms with E-state index in [9.17, 15) is 24.9 Å². The first-order valence-corrected chi connectivity index (χ1v) is 21.9. The lowest BCUT2D eigenvalue weighted by Crippen LogP contribution is -2.63. The molecule has 1 amide bonds. The van der Waals surface area contributed by atoms with Crippen molar-refractivity contribution in [3.05, 3.63) is 0 Å². The minimum absolute atomic E-state index is 0.0774. The largest absolute Gasteiger partial charge is 0.481 e. The summed E-state index contributed by atoms with van der Waals surface area (Å²) in [5.74, 6) is 1.14. The third-order valence-corrected chi connectivity index (χ3v) is 15.2. The highest BCUT2D eigenvalue weighted by Gasteiger charge is 2.65. The number of aliphatic carboxylic acids is 1. The number of unbranched alkanes of at least 4 members (excludes halogenated alkanes) is 16. The maximum Gasteiger partial charge on any atom is 0.303 e. The van der Waals surface area contributed by atoms with Crippen molar-refractivity contribution in [2.24, 2.45) is 46.3 Å². The smallest absolute Gasteiger partial charge is 0.303 e. The molecular weight excluding hydrogens is 622 g/mol. The number of rotatable bonds is 23. The van der Waals surface area contributed by atoms with Gasteiger partial charge in [0.25, 0.3) is 0 Å². The summed E-state index contributed by atoms with van der Waals surface area (Å²) in [5.41, 5.74) is -0.186. The summed E-state index contributed by atoms with van der Waals surface area (Å²) in [6.45, 7) is 9.13. The maximum absolute atomic E-state index is 13.0. The zero-order valence-electron chi connectivity index (χ0n) is 32.9. The highest BCUT2D eigenvalue weighted by atomic mass is 16.4. The van der Waals surface area contributed by atoms with Crippen LogP contribution in [-0.2, 0) is 9.59 Å². The molecule has 4 aliphatic rings. The summed E-state index contributed by atoms with van der Waals surface area (Å²) in [6, 6.07) is 0.194. The van der Waals surface area contributed by atoms with E-state index >= 15 is 0 Å². The van der Waals surface area contributed by atoms with Crippen LogP contribution in [0.15, 0.2) is 0 Å². The van der Waals surface area contributed by atoms with Crippen LogP contribution >= 0.6 is 0 Å². The van der Waals surface area contributed by atoms with Gasteiger partial charge in [0.1, 0.15) is 0 Å². The number of amides is 1. The SMILES string of the molecule is CCCCCCCCCCCCCCCCCCCC(=O)N[C@H]1CC[C@@]2(C)[C@H](C1)C[C@@H](O)[C@@H]1[C@H]2C[C@H](O)[C@@]2(C)[C@@H]1CC[C@@H]2[C@H](C)CCC(=O)O. The van der Waals surface area contributed by atoms with Gasteiger partial charge in [-0.15, -0.1) is 0 Å². The Morgan fingerprint density at radius 3 is 1.84 bits per heavy atom. The molecule has 4 rings (SSSR count). The van der Waals surface area contributed by atoms with Gasteiger partial charge in [0.2, 0.25) is 5.91 Å². The molecule has 0 heterocycles. The lowest BCUT2D eigenvalue weighted by Gasteiger charge is -2.63. The first kappa shape index (κ1) is 41.6. The monoisotopic (exact) mass is 702 g/mol. The van der Waals surface area contributed by atoms with Crippen molar-refractivity contribution in [3.63, 3.8) is 0 Å². The van der Waals surface area contributed by atoms with Gasteiger partial charge in [-0.05, 0) is 104 Å². The van der Waals surface area contributed by atoms with Gasteiger partial charge in [-0.1, -0.05) is 130 Å². The molecule has 0 spiro atoms. The number of carbonyl (C=O) groups excluding carboxylic acids is 1. The average Bonchev–Trinajstić information content (AvgIpc) is 3.44. The highest BCUT2D eigenvalue weighted by molar-refractivity contribution is 5.76. The zero-order chi connectivity index (χ0) is 36.1. The molecule has 0 aromatic heterocycles. The fourth-order valence-corrected chi connectivity index (χ4v) is 12.1. The lowest BCUT2D eigenvalue weighted by molar-refractivity contribution is -0.202. The van der Waals surface area contributed by atoms with E-state index in [0.29, 0.717) is 30.6 Å². The fraction of sp³-hybridized carbons (Fsp3) is 0.955. The van der Waals surface area contributed by atoms with Crippen LogP contribution in [0.25, 0.3) is 0 Å². The normalized spacial score (nSPS) is 35.6. The van der Waals surface area contributed by atoms with E-state index < -0.39 is 12.1 Å². The second kappa shape index (κ2) is 20.4. The number of aliphatic hydroxyl groups is 2. The quantitative estimate of drug-likeness (QED) is 0.0794. The predicted molar refractivity (Wildman–Crippen MR) is 205 cm³/mol. The van der Waals surface area contributed by atoms with Crippen LogP contribution < -0.4 is 5.32 Å². The van der Waals surface area contributed by atoms with Crippen molar-refractivity contribution in [2.75, 3.05) is 0 Å². The van der Waals surface area contributed by atoms with Crippen LogP contribution in [0.3, 0.4) is 0 Å². The van der Waals surface area contributed by atoms with Crippen molar-refractivity contribution in [2.45, 2.75) is 219 Å². The molecule has 50 heavy (non-hydrogen) atoms. The molecule has 4 fully saturated rings. The first-order valence-electron chi connectivity index (χ1n) is 21.9. The van der Waals surface area contributed by atoms with Crippen molar-refractivity contribution < 1.29 is 24.9 Å². The summed E-state index contributed by atoms with van der Waals surface area (Å²) < 4.78 is 0. The van der Waals surface area contributed by atoms with E-state index in [0.717, 1.165) is 57.8 Å². The molecule has 0 saturated heterocycles. The van der Waals surface area contributed by atoms with Crippen LogP contribution in [0.1, 0.15) is 201 Å². The topological polar surface area (TPSA) is 107 Å². The van der Waals surface area contributed by atoms with Gasteiger partial charge in [-0.25, -0.2) is 0 Å². The maximum atomic E-state index is 13.0. The van der Waals surface area contributed by atoms with Crippen LogP contribution in [0.2, 0.25) is 0 Å². The summed E-state index contributed by atoms with van der Waals surface area (Å²) >= 11 is 0. The second-order valence-electron chi connectivity index (χ2n) is 18.5. The standard InChI is InChI=1S/C44H79NO5/c1-5-6-7-8-9-10-11-12-13-14-15-16-17-18-19-20-21-22-40(48)45-34-27-28-43(3)33(29-34)30-38(46)42-36-25-24-35(32(2)23-26-41(49)50)44(36,4)39(47)31-37(42)43/h32-39,42,46-47H,5-31H2,1-4H3,(H,45,48)(H,49,50)/t32-,33-,34+,35-,36-,37-,38-,39+,42+,43+,44-/m1/s1. The first-order chi connectivity index (χ1) is 24.0. The van der Waals surface area contributed by atoms with Gasteiger partial charge < -0.3 is 20.6 Å². The van der Waals surface area contributed by atoms with E-state index in [2.05, 4.69) is 33.0 Å². The number of carboxylic acid groups (broad SMARTS) is 1. The number of fused-ring (bicyclic) bond motifs is 5. The molecule has 0 bridgehead atoms. The molecule has 0 radical (unpaired) electrons. The Labute approximate surface area is 307 Å². The van der Waals surface area contributed by atoms with Gasteiger partial charge in [-0.3, -0.25) is 9.59 Å². The number of aliphatic hydroxyl groups excluding tert-OH is 2. The van der Waals surface area contributed by atoms with E-state index in [1.54, 1.807) is 0 Å². The third-order valence-electron chi connectivity index (χ3n) is 15.2. The van der Waals surface area contributed by atoms with Gasteiger partial charge in [0, 0.05) is 18.9 Å². The van der Waals surface area contributed by atoms with Crippen LogP contribution in [0.4, 0.5) is 0 Å². The van der Waals surface area contributed by atoms with E-state index in [4.69, 9.17) is 0 Å². The van der Waals surface area contributed by atoms with Crippen molar-refractivity contribution in [1.82, 2.24) is 5.32 Å². The summed E-state index contributed by atoms with van der Waals surface area (Å²) in [6.07, 6.45) is 30.1. The number of carbonyl (C=O) groups is 2. The van der Waals surface area contributed by atoms with Gasteiger partial charge in [-0.2, -0.15) is 0 Å². The highest BCUT2D eigenvalue weighted by Crippen LogP contribution is 2.68. The zero-order valence-corrected chi connectivity index (χ0v) is 32.9. The fourth-order valence-electron chi connectivity index (χ4n) is 12.1. The molecule has 0 aromatic rings. The van der Waals surface area contributed by atoms with Crippen molar-refractivity contribution >= 4 is 11.9 Å². The van der Waals surface area contributed by atoms with E-state index in [1.807, 2.05) is 0 Å². The molecule has 0 aromatic carbocycles. The lowest BCUT2D eigenvalue weighted by atomic mass is 9.43. The molecule has 0 unspecified atom stereocenters. The molecule has 4 aliphatic carbocycles. The van der Waals surface area contributed by atoms with Crippen LogP contribution in [0, 0.1) is 46.3 Å². The molecule has 0 aliphatic heterocycles. The third kappa shape index (κ3) is 10.7. The predicted octanol–water partition coefficient (Wildman–Crippen LogP) is 10.6.